The zero-order valence-electron chi connectivity index (χ0n) is 12.6. The molecule has 0 saturated carbocycles. The molecule has 0 N–H and O–H groups in total. The van der Waals surface area contributed by atoms with Gasteiger partial charge in [0.15, 0.2) is 11.7 Å². The van der Waals surface area contributed by atoms with E-state index in [1.165, 1.54) is 0 Å². The van der Waals surface area contributed by atoms with Crippen molar-refractivity contribution in [2.75, 3.05) is 37.7 Å². The van der Waals surface area contributed by atoms with Gasteiger partial charge in [0.2, 0.25) is 0 Å². The first kappa shape index (κ1) is 15.3. The van der Waals surface area contributed by atoms with Crippen LogP contribution in [0.1, 0.15) is 25.7 Å². The lowest BCUT2D eigenvalue weighted by molar-refractivity contribution is -0.155. The van der Waals surface area contributed by atoms with Crippen molar-refractivity contribution in [3.05, 3.63) is 11.6 Å². The predicted molar refractivity (Wildman–Crippen MR) is 83.8 cm³/mol. The van der Waals surface area contributed by atoms with Crippen LogP contribution < -0.4 is 4.90 Å². The van der Waals surface area contributed by atoms with Crippen LogP contribution in [0.15, 0.2) is 11.6 Å². The van der Waals surface area contributed by atoms with Crippen molar-refractivity contribution in [2.45, 2.75) is 25.7 Å². The number of ether oxygens (including phenoxy) is 1. The number of amides is 1. The molecule has 120 valence electrons. The van der Waals surface area contributed by atoms with Crippen molar-refractivity contribution in [1.29, 1.82) is 0 Å². The molecule has 2 aliphatic rings. The summed E-state index contributed by atoms with van der Waals surface area (Å²) < 4.78 is 5.25. The number of rotatable bonds is 4. The number of nitrogens with zero attached hydrogens (tertiary/aromatic N) is 3. The fourth-order valence-corrected chi connectivity index (χ4v) is 3.70. The number of carbonyl (C=O) groups excluding carboxylic acids is 2. The lowest BCUT2D eigenvalue weighted by Crippen LogP contribution is -2.40. The average Bonchev–Trinajstić information content (AvgIpc) is 3.25. The number of anilines is 1. The molecular formula is C15H21N3O3S. The summed E-state index contributed by atoms with van der Waals surface area (Å²) in [6.45, 7) is 3.01. The predicted octanol–water partition coefficient (Wildman–Crippen LogP) is 1.53. The van der Waals surface area contributed by atoms with Gasteiger partial charge in [-0.2, -0.15) is 0 Å². The Kier molecular flexibility index (Phi) is 4.92. The maximum Gasteiger partial charge on any atom is 0.311 e. The Morgan fingerprint density at radius 2 is 2.09 bits per heavy atom. The van der Waals surface area contributed by atoms with Crippen molar-refractivity contribution >= 4 is 28.3 Å². The average molecular weight is 323 g/mol. The summed E-state index contributed by atoms with van der Waals surface area (Å²) in [5.41, 5.74) is 0. The van der Waals surface area contributed by atoms with Crippen molar-refractivity contribution in [3.8, 4) is 0 Å². The molecular weight excluding hydrogens is 302 g/mol. The summed E-state index contributed by atoms with van der Waals surface area (Å²) in [7, 11) is 0. The minimum absolute atomic E-state index is 0.0709. The highest BCUT2D eigenvalue weighted by Gasteiger charge is 2.29. The molecule has 3 heterocycles. The highest BCUT2D eigenvalue weighted by molar-refractivity contribution is 7.13. The molecule has 1 atom stereocenters. The van der Waals surface area contributed by atoms with Crippen LogP contribution in [0.3, 0.4) is 0 Å². The summed E-state index contributed by atoms with van der Waals surface area (Å²) in [6, 6.07) is 0. The zero-order chi connectivity index (χ0) is 15.4. The number of esters is 1. The summed E-state index contributed by atoms with van der Waals surface area (Å²) in [6.07, 6.45) is 5.63. The van der Waals surface area contributed by atoms with E-state index in [0.29, 0.717) is 6.54 Å². The molecule has 0 bridgehead atoms. The Balaban J connectivity index is 1.48. The second kappa shape index (κ2) is 7.09. The number of carbonyl (C=O) groups is 2. The van der Waals surface area contributed by atoms with Gasteiger partial charge in [0.1, 0.15) is 0 Å². The summed E-state index contributed by atoms with van der Waals surface area (Å²) in [4.78, 5) is 32.3. The number of likely N-dealkylation sites (tertiary alicyclic amines) is 1. The van der Waals surface area contributed by atoms with Gasteiger partial charge in [0.05, 0.1) is 5.92 Å². The minimum atomic E-state index is -0.256. The van der Waals surface area contributed by atoms with Gasteiger partial charge in [-0.15, -0.1) is 11.3 Å². The van der Waals surface area contributed by atoms with Gasteiger partial charge in [-0.3, -0.25) is 9.59 Å². The quantitative estimate of drug-likeness (QED) is 0.786. The summed E-state index contributed by atoms with van der Waals surface area (Å²) in [5, 5.41) is 2.89. The van der Waals surface area contributed by atoms with E-state index in [1.54, 1.807) is 22.4 Å². The van der Waals surface area contributed by atoms with Crippen LogP contribution in [-0.2, 0) is 14.3 Å². The van der Waals surface area contributed by atoms with Gasteiger partial charge in [0, 0.05) is 37.8 Å². The molecule has 1 unspecified atom stereocenters. The van der Waals surface area contributed by atoms with Crippen molar-refractivity contribution in [1.82, 2.24) is 9.88 Å². The molecule has 22 heavy (non-hydrogen) atoms. The van der Waals surface area contributed by atoms with E-state index in [-0.39, 0.29) is 24.4 Å². The van der Waals surface area contributed by atoms with Crippen LogP contribution in [-0.4, -0.2) is 54.5 Å². The van der Waals surface area contributed by atoms with Crippen molar-refractivity contribution in [3.63, 3.8) is 0 Å². The monoisotopic (exact) mass is 323 g/mol. The van der Waals surface area contributed by atoms with E-state index in [9.17, 15) is 9.59 Å². The van der Waals surface area contributed by atoms with Crippen LogP contribution in [0, 0.1) is 5.92 Å². The number of thiazole rings is 1. The number of piperidine rings is 1. The summed E-state index contributed by atoms with van der Waals surface area (Å²) >= 11 is 1.58. The Bertz CT molecular complexity index is 514. The van der Waals surface area contributed by atoms with Crippen LogP contribution in [0.25, 0.3) is 0 Å². The van der Waals surface area contributed by atoms with E-state index >= 15 is 0 Å². The van der Waals surface area contributed by atoms with Crippen molar-refractivity contribution < 1.29 is 14.3 Å². The van der Waals surface area contributed by atoms with E-state index in [4.69, 9.17) is 4.74 Å². The molecule has 0 spiro atoms. The van der Waals surface area contributed by atoms with Gasteiger partial charge < -0.3 is 14.5 Å². The number of aromatic nitrogens is 1. The van der Waals surface area contributed by atoms with Crippen LogP contribution in [0.4, 0.5) is 5.13 Å². The van der Waals surface area contributed by atoms with Gasteiger partial charge >= 0.3 is 5.97 Å². The second-order valence-electron chi connectivity index (χ2n) is 5.80. The van der Waals surface area contributed by atoms with Crippen LogP contribution in [0.5, 0.6) is 0 Å². The molecule has 2 saturated heterocycles. The SMILES string of the molecule is O=C(OCC(=O)N1CCCC1)C1CCCN(c2nccs2)C1. The van der Waals surface area contributed by atoms with E-state index < -0.39 is 0 Å². The minimum Gasteiger partial charge on any atom is -0.455 e. The van der Waals surface area contributed by atoms with Gasteiger partial charge in [-0.1, -0.05) is 0 Å². The molecule has 1 amide bonds. The Morgan fingerprint density at radius 1 is 1.27 bits per heavy atom. The van der Waals surface area contributed by atoms with Crippen LogP contribution in [0.2, 0.25) is 0 Å². The molecule has 0 aromatic carbocycles. The largest absolute Gasteiger partial charge is 0.455 e. The van der Waals surface area contributed by atoms with Crippen LogP contribution >= 0.6 is 11.3 Å². The lowest BCUT2D eigenvalue weighted by atomic mass is 9.99. The molecule has 3 rings (SSSR count). The second-order valence-corrected chi connectivity index (χ2v) is 6.67. The number of hydrogen-bond acceptors (Lipinski definition) is 6. The van der Waals surface area contributed by atoms with E-state index in [0.717, 1.165) is 50.4 Å². The van der Waals surface area contributed by atoms with Gasteiger partial charge in [-0.25, -0.2) is 4.98 Å². The maximum atomic E-state index is 12.2. The molecule has 0 aliphatic carbocycles. The first-order chi connectivity index (χ1) is 10.7. The standard InChI is InChI=1S/C15H21N3O3S/c19-13(17-6-1-2-7-17)11-21-14(20)12-4-3-8-18(10-12)15-16-5-9-22-15/h5,9,12H,1-4,6-8,10-11H2. The molecule has 0 radical (unpaired) electrons. The molecule has 2 aliphatic heterocycles. The first-order valence-electron chi connectivity index (χ1n) is 7.83. The van der Waals surface area contributed by atoms with E-state index in [1.807, 2.05) is 5.38 Å². The first-order valence-corrected chi connectivity index (χ1v) is 8.71. The molecule has 7 heteroatoms. The molecule has 1 aromatic rings. The smallest absolute Gasteiger partial charge is 0.311 e. The fraction of sp³-hybridized carbons (Fsp3) is 0.667. The lowest BCUT2D eigenvalue weighted by Gasteiger charge is -2.31. The van der Waals surface area contributed by atoms with Gasteiger partial charge in [0.25, 0.3) is 5.91 Å². The third-order valence-corrected chi connectivity index (χ3v) is 5.07. The Labute approximate surface area is 134 Å². The van der Waals surface area contributed by atoms with Crippen molar-refractivity contribution in [2.24, 2.45) is 5.92 Å². The Hall–Kier alpha value is -1.63. The fourth-order valence-electron chi connectivity index (χ4n) is 3.02. The highest BCUT2D eigenvalue weighted by atomic mass is 32.1. The maximum absolute atomic E-state index is 12.2. The summed E-state index contributed by atoms with van der Waals surface area (Å²) in [5.74, 6) is -0.490. The van der Waals surface area contributed by atoms with Gasteiger partial charge in [-0.05, 0) is 25.7 Å². The Morgan fingerprint density at radius 3 is 2.82 bits per heavy atom. The third-order valence-electron chi connectivity index (χ3n) is 4.24. The van der Waals surface area contributed by atoms with E-state index in [2.05, 4.69) is 9.88 Å². The normalized spacial score (nSPS) is 21.9. The highest BCUT2D eigenvalue weighted by Crippen LogP contribution is 2.25. The molecule has 2 fully saturated rings. The molecule has 6 nitrogen and oxygen atoms in total. The number of hydrogen-bond donors (Lipinski definition) is 0. The zero-order valence-corrected chi connectivity index (χ0v) is 13.4. The topological polar surface area (TPSA) is 62.7 Å². The molecule has 1 aromatic heterocycles. The third kappa shape index (κ3) is 3.58.